The summed E-state index contributed by atoms with van der Waals surface area (Å²) in [6.45, 7) is 6.09. The Hall–Kier alpha value is -0.340. The van der Waals surface area contributed by atoms with E-state index < -0.39 is 13.9 Å². The molecule has 2 N–H and O–H groups in total. The second kappa shape index (κ2) is 26.3. The topological polar surface area (TPSA) is 94.1 Å². The zero-order chi connectivity index (χ0) is 30.0. The molecule has 0 saturated heterocycles. The summed E-state index contributed by atoms with van der Waals surface area (Å²) in [6.07, 6.45) is 22.1. The highest BCUT2D eigenvalue weighted by Crippen LogP contribution is 2.44. The normalized spacial score (nSPS) is 14.3. The minimum Gasteiger partial charge on any atom is -0.379 e. The number of Topliss-reactive ketones (excluding diaryl/α,β-unsaturated/α-hetero) is 1. The van der Waals surface area contributed by atoms with Crippen molar-refractivity contribution in [3.8, 4) is 0 Å². The lowest BCUT2D eigenvalue weighted by Crippen LogP contribution is -2.35. The van der Waals surface area contributed by atoms with Crippen molar-refractivity contribution in [3.63, 3.8) is 0 Å². The molecule has 0 aliphatic carbocycles. The Morgan fingerprint density at radius 1 is 0.775 bits per heavy atom. The summed E-state index contributed by atoms with van der Waals surface area (Å²) in [6, 6.07) is 0. The van der Waals surface area contributed by atoms with Crippen LogP contribution in [0.15, 0.2) is 0 Å². The van der Waals surface area contributed by atoms with Crippen LogP contribution in [0.4, 0.5) is 0 Å². The Bertz CT molecular complexity index is 629. The third kappa shape index (κ3) is 30.6. The molecule has 0 bridgehead atoms. The maximum absolute atomic E-state index is 12.4. The van der Waals surface area contributed by atoms with Gasteiger partial charge >= 0.3 is 7.82 Å². The van der Waals surface area contributed by atoms with Crippen molar-refractivity contribution in [2.24, 2.45) is 0 Å². The van der Waals surface area contributed by atoms with Crippen molar-refractivity contribution in [1.29, 1.82) is 0 Å². The van der Waals surface area contributed by atoms with Crippen LogP contribution in [-0.2, 0) is 23.1 Å². The van der Waals surface area contributed by atoms with Gasteiger partial charge in [-0.3, -0.25) is 13.8 Å². The van der Waals surface area contributed by atoms with Crippen LogP contribution in [0.2, 0.25) is 0 Å². The third-order valence-corrected chi connectivity index (χ3v) is 8.03. The van der Waals surface area contributed by atoms with Crippen LogP contribution in [0.1, 0.15) is 129 Å². The number of hydrogen-bond acceptors (Lipinski definition) is 6. The Morgan fingerprint density at radius 3 is 1.73 bits per heavy atom. The molecule has 0 heterocycles. The van der Waals surface area contributed by atoms with Gasteiger partial charge in [0.15, 0.2) is 0 Å². The average Bonchev–Trinajstić information content (AvgIpc) is 2.86. The van der Waals surface area contributed by atoms with E-state index in [4.69, 9.17) is 13.8 Å². The fourth-order valence-electron chi connectivity index (χ4n) is 4.59. The monoisotopic (exact) mass is 593 g/mol. The van der Waals surface area contributed by atoms with Crippen molar-refractivity contribution >= 4 is 13.6 Å². The summed E-state index contributed by atoms with van der Waals surface area (Å²) in [5.41, 5.74) is 0. The standard InChI is InChI=1S/C31H65N2O6P/c1-6-7-8-9-10-11-12-13-14-15-16-17-18-19-20-22-25-37-29-31(28-32-27-30(2)34)39-40(35,36)38-26-23-21-24-33(3,4)5/h31-32H,6-29H2,1-5H3/p+1. The van der Waals surface area contributed by atoms with E-state index >= 15 is 0 Å². The van der Waals surface area contributed by atoms with E-state index in [0.717, 1.165) is 30.3 Å². The highest BCUT2D eigenvalue weighted by Gasteiger charge is 2.27. The summed E-state index contributed by atoms with van der Waals surface area (Å²) in [7, 11) is 2.13. The molecule has 0 radical (unpaired) electrons. The van der Waals surface area contributed by atoms with E-state index in [9.17, 15) is 14.3 Å². The molecular formula is C31H66N2O6P+. The van der Waals surface area contributed by atoms with Gasteiger partial charge in [0.05, 0.1) is 47.4 Å². The zero-order valence-electron chi connectivity index (χ0n) is 26.9. The van der Waals surface area contributed by atoms with E-state index in [1.54, 1.807) is 0 Å². The SMILES string of the molecule is CCCCCCCCCCCCCCCCCCOCC(CNCC(C)=O)OP(=O)(O)OCCCC[N+](C)(C)C. The Balaban J connectivity index is 3.89. The molecule has 2 unspecified atom stereocenters. The van der Waals surface area contributed by atoms with Gasteiger partial charge in [0.2, 0.25) is 0 Å². The second-order valence-corrected chi connectivity index (χ2v) is 13.9. The van der Waals surface area contributed by atoms with E-state index in [2.05, 4.69) is 33.4 Å². The number of unbranched alkanes of at least 4 members (excludes halogenated alkanes) is 16. The van der Waals surface area contributed by atoms with Crippen LogP contribution < -0.4 is 5.32 Å². The average molecular weight is 594 g/mol. The first-order valence-corrected chi connectivity index (χ1v) is 17.8. The predicted molar refractivity (Wildman–Crippen MR) is 167 cm³/mol. The van der Waals surface area contributed by atoms with Crippen molar-refractivity contribution in [2.45, 2.75) is 136 Å². The highest BCUT2D eigenvalue weighted by atomic mass is 31.2. The summed E-state index contributed by atoms with van der Waals surface area (Å²) < 4.78 is 29.6. The molecule has 0 aromatic carbocycles. The number of nitrogens with one attached hydrogen (secondary N) is 1. The third-order valence-electron chi connectivity index (χ3n) is 6.95. The molecule has 0 aliphatic rings. The quantitative estimate of drug-likeness (QED) is 0.0490. The van der Waals surface area contributed by atoms with Crippen LogP contribution in [0, 0.1) is 0 Å². The van der Waals surface area contributed by atoms with Gasteiger partial charge in [-0.2, -0.15) is 0 Å². The molecule has 240 valence electrons. The van der Waals surface area contributed by atoms with Crippen LogP contribution >= 0.6 is 7.82 Å². The smallest absolute Gasteiger partial charge is 0.379 e. The number of ketones is 1. The molecule has 0 spiro atoms. The van der Waals surface area contributed by atoms with Gasteiger partial charge in [0.1, 0.15) is 11.9 Å². The Morgan fingerprint density at radius 2 is 1.25 bits per heavy atom. The van der Waals surface area contributed by atoms with Gasteiger partial charge in [0, 0.05) is 13.2 Å². The Kier molecular flexibility index (Phi) is 26.1. The van der Waals surface area contributed by atoms with E-state index in [0.29, 0.717) is 13.0 Å². The zero-order valence-corrected chi connectivity index (χ0v) is 27.8. The van der Waals surface area contributed by atoms with E-state index in [-0.39, 0.29) is 32.1 Å². The molecule has 8 nitrogen and oxygen atoms in total. The molecule has 0 aromatic heterocycles. The molecule has 9 heteroatoms. The number of carbonyl (C=O) groups excluding carboxylic acids is 1. The maximum Gasteiger partial charge on any atom is 0.472 e. The van der Waals surface area contributed by atoms with Gasteiger partial charge in [-0.05, 0) is 26.2 Å². The molecule has 40 heavy (non-hydrogen) atoms. The molecule has 0 amide bonds. The number of quaternary nitrogens is 1. The van der Waals surface area contributed by atoms with Crippen molar-refractivity contribution in [3.05, 3.63) is 0 Å². The summed E-state index contributed by atoms with van der Waals surface area (Å²) in [4.78, 5) is 21.4. The number of phosphoric acid groups is 1. The van der Waals surface area contributed by atoms with Crippen LogP contribution in [0.3, 0.4) is 0 Å². The molecule has 0 aromatic rings. The van der Waals surface area contributed by atoms with Crippen LogP contribution in [0.5, 0.6) is 0 Å². The molecule has 0 aliphatic heterocycles. The molecule has 0 saturated carbocycles. The lowest BCUT2D eigenvalue weighted by atomic mass is 10.0. The molecular weight excluding hydrogens is 527 g/mol. The van der Waals surface area contributed by atoms with Gasteiger partial charge in [-0.1, -0.05) is 103 Å². The van der Waals surface area contributed by atoms with Crippen LogP contribution in [-0.4, -0.2) is 81.9 Å². The summed E-state index contributed by atoms with van der Waals surface area (Å²) >= 11 is 0. The second-order valence-electron chi connectivity index (χ2n) is 12.5. The predicted octanol–water partition coefficient (Wildman–Crippen LogP) is 7.43. The van der Waals surface area contributed by atoms with E-state index in [1.807, 2.05) is 0 Å². The minimum absolute atomic E-state index is 0.00600. The van der Waals surface area contributed by atoms with E-state index in [1.165, 1.54) is 96.8 Å². The summed E-state index contributed by atoms with van der Waals surface area (Å²) in [5, 5.41) is 2.96. The molecule has 0 rings (SSSR count). The van der Waals surface area contributed by atoms with Gasteiger partial charge < -0.3 is 19.4 Å². The number of rotatable bonds is 31. The lowest BCUT2D eigenvalue weighted by Gasteiger charge is -2.24. The fraction of sp³-hybridized carbons (Fsp3) is 0.968. The fourth-order valence-corrected chi connectivity index (χ4v) is 5.52. The highest BCUT2D eigenvalue weighted by molar-refractivity contribution is 7.47. The van der Waals surface area contributed by atoms with Crippen molar-refractivity contribution < 1.29 is 32.5 Å². The lowest BCUT2D eigenvalue weighted by molar-refractivity contribution is -0.870. The number of nitrogens with zero attached hydrogens (tertiary/aromatic N) is 1. The van der Waals surface area contributed by atoms with Gasteiger partial charge in [-0.15, -0.1) is 0 Å². The van der Waals surface area contributed by atoms with Gasteiger partial charge in [-0.25, -0.2) is 4.57 Å². The summed E-state index contributed by atoms with van der Waals surface area (Å²) in [5.74, 6) is -0.00600. The molecule has 0 fully saturated rings. The van der Waals surface area contributed by atoms with Gasteiger partial charge in [0.25, 0.3) is 0 Å². The van der Waals surface area contributed by atoms with Crippen LogP contribution in [0.25, 0.3) is 0 Å². The molecule has 2 atom stereocenters. The largest absolute Gasteiger partial charge is 0.472 e. The first-order chi connectivity index (χ1) is 19.1. The van der Waals surface area contributed by atoms with Crippen molar-refractivity contribution in [1.82, 2.24) is 5.32 Å². The number of ether oxygens (including phenoxy) is 1. The van der Waals surface area contributed by atoms with Crippen molar-refractivity contribution in [2.75, 3.05) is 60.6 Å². The first-order valence-electron chi connectivity index (χ1n) is 16.3. The first kappa shape index (κ1) is 39.7. The maximum atomic E-state index is 12.4. The number of phosphoric ester groups is 1. The number of carbonyl (C=O) groups is 1. The number of hydrogen-bond donors (Lipinski definition) is 2. The Labute approximate surface area is 247 Å². The minimum atomic E-state index is -4.20.